The van der Waals surface area contributed by atoms with Crippen molar-refractivity contribution in [2.24, 2.45) is 0 Å². The summed E-state index contributed by atoms with van der Waals surface area (Å²) in [6.07, 6.45) is 8.13. The molecule has 0 radical (unpaired) electrons. The molecule has 0 aliphatic heterocycles. The molecule has 0 amide bonds. The van der Waals surface area contributed by atoms with Crippen LogP contribution in [0.2, 0.25) is 0 Å². The highest BCUT2D eigenvalue weighted by molar-refractivity contribution is 5.87. The van der Waals surface area contributed by atoms with Crippen molar-refractivity contribution in [2.45, 2.75) is 69.0 Å². The summed E-state index contributed by atoms with van der Waals surface area (Å²) in [6, 6.07) is 7.48. The van der Waals surface area contributed by atoms with Crippen LogP contribution in [0, 0.1) is 0 Å². The smallest absolute Gasteiger partial charge is 0.334 e. The van der Waals surface area contributed by atoms with Crippen LogP contribution in [0.25, 0.3) is 0 Å². The van der Waals surface area contributed by atoms with Crippen molar-refractivity contribution in [3.63, 3.8) is 0 Å². The van der Waals surface area contributed by atoms with Gasteiger partial charge in [0.25, 0.3) is 0 Å². The van der Waals surface area contributed by atoms with Gasteiger partial charge in [-0.3, -0.25) is 0 Å². The van der Waals surface area contributed by atoms with E-state index in [1.165, 1.54) is 6.08 Å². The maximum atomic E-state index is 12.4. The summed E-state index contributed by atoms with van der Waals surface area (Å²) in [5.41, 5.74) is -1.23. The van der Waals surface area contributed by atoms with Crippen LogP contribution in [-0.2, 0) is 30.3 Å². The second-order valence-electron chi connectivity index (χ2n) is 8.61. The third-order valence-electron chi connectivity index (χ3n) is 6.43. The summed E-state index contributed by atoms with van der Waals surface area (Å²) in [6.45, 7) is 8.84. The highest BCUT2D eigenvalue weighted by Gasteiger charge is 2.48. The molecule has 2 atom stereocenters. The summed E-state index contributed by atoms with van der Waals surface area (Å²) in [5, 5.41) is 0. The zero-order valence-electron chi connectivity index (χ0n) is 17.9. The molecule has 164 valence electrons. The average molecular weight is 424 g/mol. The van der Waals surface area contributed by atoms with E-state index in [4.69, 9.17) is 18.3 Å². The highest BCUT2D eigenvalue weighted by Crippen LogP contribution is 2.51. The van der Waals surface area contributed by atoms with Crippen LogP contribution in [0.1, 0.15) is 75.1 Å². The van der Waals surface area contributed by atoms with E-state index in [2.05, 4.69) is 13.2 Å². The standard InChI is InChI=1S/C25H28O6/c1-4-22(26)30-24(12-5-6-13-24)21-10-9-19(29-21)18-11-14-25(16-18,20-8-7-15-28-20)31-23(27)17(2)3/h4,7-10,15,18H,1-2,5-6,11-14,16H2,3H3. The Kier molecular flexibility index (Phi) is 5.65. The maximum Gasteiger partial charge on any atom is 0.334 e. The Morgan fingerprint density at radius 1 is 1.10 bits per heavy atom. The predicted octanol–water partition coefficient (Wildman–Crippen LogP) is 5.65. The van der Waals surface area contributed by atoms with Crippen molar-refractivity contribution >= 4 is 11.9 Å². The summed E-state index contributed by atoms with van der Waals surface area (Å²) < 4.78 is 23.5. The van der Waals surface area contributed by atoms with Crippen molar-refractivity contribution in [3.05, 3.63) is 72.6 Å². The first-order valence-electron chi connectivity index (χ1n) is 10.8. The van der Waals surface area contributed by atoms with Gasteiger partial charge in [0.05, 0.1) is 6.26 Å². The highest BCUT2D eigenvalue weighted by atomic mass is 16.6. The number of rotatable bonds is 7. The number of hydrogen-bond donors (Lipinski definition) is 0. The fourth-order valence-corrected chi connectivity index (χ4v) is 4.82. The topological polar surface area (TPSA) is 78.9 Å². The number of hydrogen-bond acceptors (Lipinski definition) is 6. The number of carbonyl (C=O) groups is 2. The first kappa shape index (κ1) is 21.2. The van der Waals surface area contributed by atoms with Crippen molar-refractivity contribution in [1.82, 2.24) is 0 Å². The normalized spacial score (nSPS) is 24.6. The van der Waals surface area contributed by atoms with Gasteiger partial charge in [-0.2, -0.15) is 0 Å². The lowest BCUT2D eigenvalue weighted by Gasteiger charge is -2.27. The van der Waals surface area contributed by atoms with Gasteiger partial charge in [-0.05, 0) is 69.7 Å². The number of furan rings is 2. The van der Waals surface area contributed by atoms with Crippen molar-refractivity contribution in [2.75, 3.05) is 0 Å². The lowest BCUT2D eigenvalue weighted by atomic mass is 9.95. The number of esters is 2. The largest absolute Gasteiger partial charge is 0.465 e. The van der Waals surface area contributed by atoms with Gasteiger partial charge in [0.2, 0.25) is 0 Å². The molecule has 0 bridgehead atoms. The molecule has 2 fully saturated rings. The van der Waals surface area contributed by atoms with Gasteiger partial charge in [0.1, 0.15) is 17.3 Å². The van der Waals surface area contributed by atoms with E-state index in [0.717, 1.165) is 37.9 Å². The molecule has 2 saturated carbocycles. The first-order chi connectivity index (χ1) is 14.9. The van der Waals surface area contributed by atoms with Crippen molar-refractivity contribution in [1.29, 1.82) is 0 Å². The Hall–Kier alpha value is -3.02. The molecule has 0 aromatic carbocycles. The van der Waals surface area contributed by atoms with Gasteiger partial charge >= 0.3 is 11.9 Å². The average Bonchev–Trinajstić information content (AvgIpc) is 3.54. The molecule has 0 N–H and O–H groups in total. The molecule has 2 aromatic heterocycles. The van der Waals surface area contributed by atoms with Crippen LogP contribution in [0.15, 0.2) is 64.2 Å². The second kappa shape index (κ2) is 8.25. The van der Waals surface area contributed by atoms with Crippen LogP contribution in [0.3, 0.4) is 0 Å². The van der Waals surface area contributed by atoms with Crippen molar-refractivity contribution in [3.8, 4) is 0 Å². The van der Waals surface area contributed by atoms with Crippen LogP contribution in [-0.4, -0.2) is 11.9 Å². The third-order valence-corrected chi connectivity index (χ3v) is 6.43. The van der Waals surface area contributed by atoms with E-state index in [0.29, 0.717) is 29.9 Å². The van der Waals surface area contributed by atoms with Crippen LogP contribution < -0.4 is 0 Å². The Bertz CT molecular complexity index is 976. The van der Waals surface area contributed by atoms with Gasteiger partial charge in [-0.1, -0.05) is 13.2 Å². The number of carbonyl (C=O) groups excluding carboxylic acids is 2. The summed E-state index contributed by atoms with van der Waals surface area (Å²) in [5.74, 6) is 1.27. The summed E-state index contributed by atoms with van der Waals surface area (Å²) in [4.78, 5) is 24.3. The Labute approximate surface area is 181 Å². The Balaban J connectivity index is 1.58. The molecule has 2 aliphatic rings. The molecule has 6 heteroatoms. The zero-order chi connectivity index (χ0) is 22.1. The lowest BCUT2D eigenvalue weighted by Crippen LogP contribution is -2.29. The van der Waals surface area contributed by atoms with Crippen LogP contribution in [0.4, 0.5) is 0 Å². The van der Waals surface area contributed by atoms with E-state index in [9.17, 15) is 9.59 Å². The molecular weight excluding hydrogens is 396 g/mol. The minimum absolute atomic E-state index is 0.0466. The van der Waals surface area contributed by atoms with Crippen LogP contribution >= 0.6 is 0 Å². The molecular formula is C25H28O6. The first-order valence-corrected chi connectivity index (χ1v) is 10.8. The number of ether oxygens (including phenoxy) is 2. The van der Waals surface area contributed by atoms with Gasteiger partial charge in [0.15, 0.2) is 11.2 Å². The molecule has 31 heavy (non-hydrogen) atoms. The van der Waals surface area contributed by atoms with Crippen LogP contribution in [0.5, 0.6) is 0 Å². The SMILES string of the molecule is C=CC(=O)OC1(c2ccc(C3CCC(OC(=O)C(=C)C)(c4ccco4)C3)o2)CCCC1. The summed E-state index contributed by atoms with van der Waals surface area (Å²) >= 11 is 0. The fraction of sp³-hybridized carbons (Fsp3) is 0.440. The van der Waals surface area contributed by atoms with E-state index in [1.807, 2.05) is 18.2 Å². The molecule has 2 unspecified atom stereocenters. The van der Waals surface area contributed by atoms with Gasteiger partial charge in [-0.25, -0.2) is 9.59 Å². The quantitative estimate of drug-likeness (QED) is 0.422. The van der Waals surface area contributed by atoms with Crippen molar-refractivity contribution < 1.29 is 27.9 Å². The Morgan fingerprint density at radius 2 is 1.87 bits per heavy atom. The molecule has 2 heterocycles. The second-order valence-corrected chi connectivity index (χ2v) is 8.61. The molecule has 0 spiro atoms. The molecule has 4 rings (SSSR count). The van der Waals surface area contributed by atoms with E-state index >= 15 is 0 Å². The molecule has 6 nitrogen and oxygen atoms in total. The fourth-order valence-electron chi connectivity index (χ4n) is 4.82. The predicted molar refractivity (Wildman–Crippen MR) is 113 cm³/mol. The minimum Gasteiger partial charge on any atom is -0.465 e. The van der Waals surface area contributed by atoms with E-state index in [-0.39, 0.29) is 5.92 Å². The molecule has 2 aliphatic carbocycles. The van der Waals surface area contributed by atoms with E-state index in [1.54, 1.807) is 19.3 Å². The van der Waals surface area contributed by atoms with Gasteiger partial charge in [0, 0.05) is 24.0 Å². The van der Waals surface area contributed by atoms with Gasteiger partial charge in [-0.15, -0.1) is 0 Å². The third kappa shape index (κ3) is 3.99. The summed E-state index contributed by atoms with van der Waals surface area (Å²) in [7, 11) is 0. The van der Waals surface area contributed by atoms with Gasteiger partial charge < -0.3 is 18.3 Å². The minimum atomic E-state index is -0.850. The molecule has 0 saturated heterocycles. The van der Waals surface area contributed by atoms with E-state index < -0.39 is 23.1 Å². The maximum absolute atomic E-state index is 12.4. The lowest BCUT2D eigenvalue weighted by molar-refractivity contribution is -0.158. The Morgan fingerprint density at radius 3 is 2.52 bits per heavy atom. The zero-order valence-corrected chi connectivity index (χ0v) is 17.9. The monoisotopic (exact) mass is 424 g/mol. The molecule has 2 aromatic rings.